The Bertz CT molecular complexity index is 624. The van der Waals surface area contributed by atoms with E-state index < -0.39 is 0 Å². The third-order valence-electron chi connectivity index (χ3n) is 4.32. The number of amides is 1. The third-order valence-corrected chi connectivity index (χ3v) is 4.32. The summed E-state index contributed by atoms with van der Waals surface area (Å²) in [6.07, 6.45) is 3.78. The van der Waals surface area contributed by atoms with Gasteiger partial charge in [0, 0.05) is 49.4 Å². The van der Waals surface area contributed by atoms with E-state index in [0.29, 0.717) is 5.92 Å². The van der Waals surface area contributed by atoms with Crippen LogP contribution >= 0.6 is 0 Å². The lowest BCUT2D eigenvalue weighted by Gasteiger charge is -2.31. The average Bonchev–Trinajstić information content (AvgIpc) is 2.88. The van der Waals surface area contributed by atoms with Crippen molar-refractivity contribution in [2.75, 3.05) is 19.7 Å². The van der Waals surface area contributed by atoms with Gasteiger partial charge in [-0.1, -0.05) is 6.07 Å². The van der Waals surface area contributed by atoms with Gasteiger partial charge in [0.1, 0.15) is 0 Å². The number of aliphatic hydroxyl groups is 1. The SMILES string of the molecule is Cn1ccc2c(C(=O)N3CCC(CO)CC3)cccc21. The van der Waals surface area contributed by atoms with E-state index in [1.807, 2.05) is 47.0 Å². The number of aliphatic hydroxyl groups excluding tert-OH is 1. The molecule has 1 amide bonds. The normalized spacial score (nSPS) is 16.8. The molecule has 0 aliphatic carbocycles. The zero-order valence-corrected chi connectivity index (χ0v) is 11.7. The number of likely N-dealkylation sites (tertiary alicyclic amines) is 1. The summed E-state index contributed by atoms with van der Waals surface area (Å²) in [5.41, 5.74) is 1.87. The second-order valence-electron chi connectivity index (χ2n) is 5.58. The number of aryl methyl sites for hydroxylation is 1. The fourth-order valence-corrected chi connectivity index (χ4v) is 2.98. The lowest BCUT2D eigenvalue weighted by molar-refractivity contribution is 0.0653. The zero-order valence-electron chi connectivity index (χ0n) is 11.7. The second kappa shape index (κ2) is 5.29. The van der Waals surface area contributed by atoms with Crippen molar-refractivity contribution in [3.8, 4) is 0 Å². The van der Waals surface area contributed by atoms with E-state index >= 15 is 0 Å². The van der Waals surface area contributed by atoms with E-state index in [9.17, 15) is 9.90 Å². The standard InChI is InChI=1S/C16H20N2O2/c1-17-8-7-13-14(3-2-4-15(13)17)16(20)18-9-5-12(11-19)6-10-18/h2-4,7-8,12,19H,5-6,9-11H2,1H3. The van der Waals surface area contributed by atoms with Crippen LogP contribution in [0.3, 0.4) is 0 Å². The minimum atomic E-state index is 0.109. The van der Waals surface area contributed by atoms with Crippen LogP contribution in [0.4, 0.5) is 0 Å². The van der Waals surface area contributed by atoms with Gasteiger partial charge in [0.15, 0.2) is 0 Å². The van der Waals surface area contributed by atoms with Gasteiger partial charge >= 0.3 is 0 Å². The number of benzene rings is 1. The molecular formula is C16H20N2O2. The van der Waals surface area contributed by atoms with Crippen LogP contribution in [0.15, 0.2) is 30.5 Å². The highest BCUT2D eigenvalue weighted by Gasteiger charge is 2.24. The van der Waals surface area contributed by atoms with Crippen LogP contribution in [0.25, 0.3) is 10.9 Å². The molecule has 0 radical (unpaired) electrons. The van der Waals surface area contributed by atoms with Gasteiger partial charge in [-0.2, -0.15) is 0 Å². The first kappa shape index (κ1) is 13.2. The van der Waals surface area contributed by atoms with Crippen LogP contribution in [0, 0.1) is 5.92 Å². The zero-order chi connectivity index (χ0) is 14.1. The maximum atomic E-state index is 12.7. The lowest BCUT2D eigenvalue weighted by Crippen LogP contribution is -2.39. The monoisotopic (exact) mass is 272 g/mol. The molecule has 1 saturated heterocycles. The number of nitrogens with zero attached hydrogens (tertiary/aromatic N) is 2. The molecule has 3 rings (SSSR count). The molecule has 1 aliphatic rings. The molecule has 4 heteroatoms. The van der Waals surface area contributed by atoms with Gasteiger partial charge in [-0.05, 0) is 37.0 Å². The minimum absolute atomic E-state index is 0.109. The molecule has 0 spiro atoms. The Morgan fingerprint density at radius 1 is 1.30 bits per heavy atom. The molecule has 1 N–H and O–H groups in total. The number of piperidine rings is 1. The fourth-order valence-electron chi connectivity index (χ4n) is 2.98. The molecule has 1 fully saturated rings. The highest BCUT2D eigenvalue weighted by Crippen LogP contribution is 2.23. The van der Waals surface area contributed by atoms with Crippen LogP contribution in [0.1, 0.15) is 23.2 Å². The summed E-state index contributed by atoms with van der Waals surface area (Å²) in [7, 11) is 1.99. The van der Waals surface area contributed by atoms with Gasteiger partial charge in [0.25, 0.3) is 5.91 Å². The first-order valence-corrected chi connectivity index (χ1v) is 7.15. The smallest absolute Gasteiger partial charge is 0.254 e. The van der Waals surface area contributed by atoms with Crippen molar-refractivity contribution in [3.05, 3.63) is 36.0 Å². The maximum absolute atomic E-state index is 12.7. The number of hydrogen-bond donors (Lipinski definition) is 1. The largest absolute Gasteiger partial charge is 0.396 e. The molecule has 0 saturated carbocycles. The molecule has 20 heavy (non-hydrogen) atoms. The molecule has 106 valence electrons. The van der Waals surface area contributed by atoms with Crippen molar-refractivity contribution in [1.29, 1.82) is 0 Å². The summed E-state index contributed by atoms with van der Waals surface area (Å²) in [4.78, 5) is 14.6. The summed E-state index contributed by atoms with van der Waals surface area (Å²) in [6.45, 7) is 1.72. The molecule has 4 nitrogen and oxygen atoms in total. The number of carbonyl (C=O) groups excluding carboxylic acids is 1. The Labute approximate surface area is 118 Å². The van der Waals surface area contributed by atoms with E-state index in [-0.39, 0.29) is 12.5 Å². The van der Waals surface area contributed by atoms with Crippen LogP contribution < -0.4 is 0 Å². The van der Waals surface area contributed by atoms with Crippen molar-refractivity contribution >= 4 is 16.8 Å². The van der Waals surface area contributed by atoms with Crippen molar-refractivity contribution in [2.24, 2.45) is 13.0 Å². The van der Waals surface area contributed by atoms with E-state index in [4.69, 9.17) is 0 Å². The molecule has 2 heterocycles. The maximum Gasteiger partial charge on any atom is 0.254 e. The van der Waals surface area contributed by atoms with E-state index in [0.717, 1.165) is 42.4 Å². The lowest BCUT2D eigenvalue weighted by atomic mass is 9.97. The molecule has 0 unspecified atom stereocenters. The molecule has 1 aromatic carbocycles. The molecular weight excluding hydrogens is 252 g/mol. The van der Waals surface area contributed by atoms with Crippen molar-refractivity contribution < 1.29 is 9.90 Å². The van der Waals surface area contributed by atoms with E-state index in [2.05, 4.69) is 0 Å². The number of hydrogen-bond acceptors (Lipinski definition) is 2. The van der Waals surface area contributed by atoms with Gasteiger partial charge in [-0.15, -0.1) is 0 Å². The van der Waals surface area contributed by atoms with E-state index in [1.165, 1.54) is 0 Å². The van der Waals surface area contributed by atoms with Gasteiger partial charge < -0.3 is 14.6 Å². The number of carbonyl (C=O) groups is 1. The fraction of sp³-hybridized carbons (Fsp3) is 0.438. The Kier molecular flexibility index (Phi) is 3.49. The van der Waals surface area contributed by atoms with Crippen LogP contribution in [-0.2, 0) is 7.05 Å². The number of fused-ring (bicyclic) bond motifs is 1. The van der Waals surface area contributed by atoms with E-state index in [1.54, 1.807) is 0 Å². The first-order chi connectivity index (χ1) is 9.70. The van der Waals surface area contributed by atoms with Crippen molar-refractivity contribution in [1.82, 2.24) is 9.47 Å². The summed E-state index contributed by atoms with van der Waals surface area (Å²) >= 11 is 0. The second-order valence-corrected chi connectivity index (χ2v) is 5.58. The highest BCUT2D eigenvalue weighted by molar-refractivity contribution is 6.06. The molecule has 0 atom stereocenters. The van der Waals surface area contributed by atoms with Crippen molar-refractivity contribution in [3.63, 3.8) is 0 Å². The topological polar surface area (TPSA) is 45.5 Å². The summed E-state index contributed by atoms with van der Waals surface area (Å²) in [5.74, 6) is 0.463. The number of aromatic nitrogens is 1. The van der Waals surface area contributed by atoms with Crippen LogP contribution in [-0.4, -0.2) is 40.2 Å². The predicted octanol–water partition coefficient (Wildman–Crippen LogP) is 2.02. The summed E-state index contributed by atoms with van der Waals surface area (Å²) in [5, 5.41) is 10.2. The number of rotatable bonds is 2. The van der Waals surface area contributed by atoms with Crippen LogP contribution in [0.5, 0.6) is 0 Å². The third kappa shape index (κ3) is 2.20. The molecule has 0 bridgehead atoms. The molecule has 1 aliphatic heterocycles. The quantitative estimate of drug-likeness (QED) is 0.909. The molecule has 2 aromatic rings. The Morgan fingerprint density at radius 3 is 2.75 bits per heavy atom. The van der Waals surface area contributed by atoms with Crippen LogP contribution in [0.2, 0.25) is 0 Å². The van der Waals surface area contributed by atoms with Gasteiger partial charge in [-0.25, -0.2) is 0 Å². The predicted molar refractivity (Wildman–Crippen MR) is 78.6 cm³/mol. The Hall–Kier alpha value is -1.81. The first-order valence-electron chi connectivity index (χ1n) is 7.15. The van der Waals surface area contributed by atoms with Gasteiger partial charge in [0.05, 0.1) is 0 Å². The van der Waals surface area contributed by atoms with Crippen molar-refractivity contribution in [2.45, 2.75) is 12.8 Å². The molecule has 1 aromatic heterocycles. The van der Waals surface area contributed by atoms with Gasteiger partial charge in [-0.3, -0.25) is 4.79 Å². The highest BCUT2D eigenvalue weighted by atomic mass is 16.3. The summed E-state index contributed by atoms with van der Waals surface area (Å²) < 4.78 is 2.03. The summed E-state index contributed by atoms with van der Waals surface area (Å²) in [6, 6.07) is 7.88. The Balaban J connectivity index is 1.86. The van der Waals surface area contributed by atoms with Gasteiger partial charge in [0.2, 0.25) is 0 Å². The average molecular weight is 272 g/mol. The Morgan fingerprint density at radius 2 is 2.05 bits per heavy atom. The minimum Gasteiger partial charge on any atom is -0.396 e.